The Morgan fingerprint density at radius 3 is 2.77 bits per heavy atom. The van der Waals surface area contributed by atoms with Crippen molar-refractivity contribution in [3.63, 3.8) is 0 Å². The summed E-state index contributed by atoms with van der Waals surface area (Å²) < 4.78 is 1.61. The topological polar surface area (TPSA) is 98.2 Å². The fourth-order valence-electron chi connectivity index (χ4n) is 3.24. The molecule has 0 radical (unpaired) electrons. The van der Waals surface area contributed by atoms with E-state index in [0.29, 0.717) is 23.4 Å². The summed E-state index contributed by atoms with van der Waals surface area (Å²) >= 11 is 5.91. The van der Waals surface area contributed by atoms with Gasteiger partial charge in [-0.3, -0.25) is 9.78 Å². The molecule has 30 heavy (non-hydrogen) atoms. The number of nitrogens with one attached hydrogen (secondary N) is 1. The van der Waals surface area contributed by atoms with E-state index >= 15 is 0 Å². The lowest BCUT2D eigenvalue weighted by molar-refractivity contribution is 0.0952. The van der Waals surface area contributed by atoms with Crippen LogP contribution in [0.1, 0.15) is 28.0 Å². The lowest BCUT2D eigenvalue weighted by Crippen LogP contribution is -2.25. The van der Waals surface area contributed by atoms with E-state index < -0.39 is 0 Å². The normalized spacial score (nSPS) is 11.0. The molecule has 0 aliphatic heterocycles. The fourth-order valence-corrected chi connectivity index (χ4v) is 3.37. The van der Waals surface area contributed by atoms with E-state index in [4.69, 9.17) is 17.3 Å². The van der Waals surface area contributed by atoms with Gasteiger partial charge in [0.15, 0.2) is 5.65 Å². The minimum Gasteiger partial charge on any atom is -0.366 e. The van der Waals surface area contributed by atoms with Gasteiger partial charge in [0.1, 0.15) is 0 Å². The van der Waals surface area contributed by atoms with E-state index in [0.717, 1.165) is 29.0 Å². The minimum atomic E-state index is -0.134. The summed E-state index contributed by atoms with van der Waals surface area (Å²) in [4.78, 5) is 21.3. The van der Waals surface area contributed by atoms with Crippen LogP contribution in [0.25, 0.3) is 16.8 Å². The Labute approximate surface area is 178 Å². The number of rotatable bonds is 6. The number of aromatic nitrogens is 4. The maximum Gasteiger partial charge on any atom is 0.253 e. The lowest BCUT2D eigenvalue weighted by atomic mass is 10.0. The van der Waals surface area contributed by atoms with Crippen LogP contribution in [-0.2, 0) is 6.42 Å². The van der Waals surface area contributed by atoms with Gasteiger partial charge < -0.3 is 11.1 Å². The third kappa shape index (κ3) is 4.41. The van der Waals surface area contributed by atoms with Gasteiger partial charge in [-0.05, 0) is 61.2 Å². The number of anilines is 1. The van der Waals surface area contributed by atoms with Crippen molar-refractivity contribution >= 4 is 29.1 Å². The second kappa shape index (κ2) is 8.51. The highest BCUT2D eigenvalue weighted by Gasteiger charge is 2.12. The van der Waals surface area contributed by atoms with Crippen LogP contribution >= 0.6 is 11.6 Å². The molecule has 152 valence electrons. The van der Waals surface area contributed by atoms with Gasteiger partial charge in [-0.2, -0.15) is 4.98 Å². The zero-order chi connectivity index (χ0) is 21.1. The summed E-state index contributed by atoms with van der Waals surface area (Å²) in [5.74, 6) is 0.0820. The molecular weight excluding hydrogens is 400 g/mol. The summed E-state index contributed by atoms with van der Waals surface area (Å²) in [5.41, 5.74) is 10.4. The molecule has 0 unspecified atom stereocenters. The number of hydrogen-bond donors (Lipinski definition) is 2. The minimum absolute atomic E-state index is 0.134. The molecule has 0 atom stereocenters. The van der Waals surface area contributed by atoms with Gasteiger partial charge in [0.2, 0.25) is 5.95 Å². The molecule has 3 N–H and O–H groups in total. The average Bonchev–Trinajstić information content (AvgIpc) is 3.12. The first kappa shape index (κ1) is 19.8. The molecule has 0 aliphatic carbocycles. The van der Waals surface area contributed by atoms with E-state index in [1.165, 1.54) is 5.56 Å². The molecule has 0 aliphatic rings. The molecular formula is C22H21ClN6O. The highest BCUT2D eigenvalue weighted by atomic mass is 35.5. The van der Waals surface area contributed by atoms with Crippen LogP contribution < -0.4 is 11.1 Å². The maximum atomic E-state index is 12.7. The monoisotopic (exact) mass is 420 g/mol. The Bertz CT molecular complexity index is 1200. The van der Waals surface area contributed by atoms with Crippen molar-refractivity contribution in [2.24, 2.45) is 0 Å². The van der Waals surface area contributed by atoms with Crippen LogP contribution in [0.15, 0.2) is 54.9 Å². The summed E-state index contributed by atoms with van der Waals surface area (Å²) in [5, 5.41) is 7.78. The van der Waals surface area contributed by atoms with Crippen molar-refractivity contribution < 1.29 is 4.79 Å². The van der Waals surface area contributed by atoms with E-state index in [9.17, 15) is 4.79 Å². The molecule has 3 aromatic heterocycles. The molecule has 0 saturated heterocycles. The van der Waals surface area contributed by atoms with Gasteiger partial charge >= 0.3 is 0 Å². The highest BCUT2D eigenvalue weighted by Crippen LogP contribution is 2.22. The lowest BCUT2D eigenvalue weighted by Gasteiger charge is -2.10. The average molecular weight is 421 g/mol. The van der Waals surface area contributed by atoms with Gasteiger partial charge in [0.05, 0.1) is 11.3 Å². The largest absolute Gasteiger partial charge is 0.366 e. The molecule has 0 spiro atoms. The van der Waals surface area contributed by atoms with Crippen molar-refractivity contribution in [3.05, 3.63) is 76.7 Å². The number of carbonyl (C=O) groups excluding carboxylic acids is 1. The van der Waals surface area contributed by atoms with Crippen LogP contribution in [-0.4, -0.2) is 32.0 Å². The predicted octanol–water partition coefficient (Wildman–Crippen LogP) is 3.70. The Balaban J connectivity index is 1.43. The van der Waals surface area contributed by atoms with Crippen molar-refractivity contribution in [3.8, 4) is 11.1 Å². The fraction of sp³-hybridized carbons (Fsp3) is 0.182. The Morgan fingerprint density at radius 1 is 1.17 bits per heavy atom. The molecule has 1 amide bonds. The SMILES string of the molecule is Cc1ncc(-c2ccn3nc(N)nc3c2)cc1C(=O)NCCCc1ccc(Cl)cc1. The molecule has 4 aromatic rings. The molecule has 4 rings (SSSR count). The molecule has 7 nitrogen and oxygen atoms in total. The van der Waals surface area contributed by atoms with E-state index in [-0.39, 0.29) is 11.9 Å². The first-order chi connectivity index (χ1) is 14.5. The van der Waals surface area contributed by atoms with E-state index in [1.807, 2.05) is 49.4 Å². The van der Waals surface area contributed by atoms with Crippen LogP contribution in [0.2, 0.25) is 5.02 Å². The Hall–Kier alpha value is -3.45. The summed E-state index contributed by atoms with van der Waals surface area (Å²) in [6, 6.07) is 13.4. The zero-order valence-electron chi connectivity index (χ0n) is 16.5. The quantitative estimate of drug-likeness (QED) is 0.463. The molecule has 0 fully saturated rings. The molecule has 1 aromatic carbocycles. The second-order valence-electron chi connectivity index (χ2n) is 7.03. The molecule has 3 heterocycles. The van der Waals surface area contributed by atoms with Crippen molar-refractivity contribution in [2.45, 2.75) is 19.8 Å². The van der Waals surface area contributed by atoms with Gasteiger partial charge in [-0.1, -0.05) is 23.7 Å². The van der Waals surface area contributed by atoms with Crippen LogP contribution in [0.5, 0.6) is 0 Å². The number of nitrogen functional groups attached to an aromatic ring is 1. The number of nitrogens with two attached hydrogens (primary N) is 1. The number of hydrogen-bond acceptors (Lipinski definition) is 5. The first-order valence-electron chi connectivity index (χ1n) is 9.61. The number of halogens is 1. The highest BCUT2D eigenvalue weighted by molar-refractivity contribution is 6.30. The molecule has 8 heteroatoms. The number of benzene rings is 1. The number of aryl methyl sites for hydroxylation is 2. The number of pyridine rings is 2. The first-order valence-corrected chi connectivity index (χ1v) is 9.99. The van der Waals surface area contributed by atoms with Crippen LogP contribution in [0.4, 0.5) is 5.95 Å². The zero-order valence-corrected chi connectivity index (χ0v) is 17.2. The predicted molar refractivity (Wildman–Crippen MR) is 117 cm³/mol. The van der Waals surface area contributed by atoms with Crippen LogP contribution in [0.3, 0.4) is 0 Å². The number of amides is 1. The smallest absolute Gasteiger partial charge is 0.253 e. The van der Waals surface area contributed by atoms with Gasteiger partial charge in [-0.25, -0.2) is 4.52 Å². The van der Waals surface area contributed by atoms with Crippen molar-refractivity contribution in [2.75, 3.05) is 12.3 Å². The standard InChI is InChI=1S/C22H21ClN6O/c1-14-19(21(30)25-9-2-3-15-4-6-18(23)7-5-15)11-17(13-26-14)16-8-10-29-20(12-16)27-22(24)28-29/h4-8,10-13H,2-3,9H2,1H3,(H2,24,28)(H,25,30). The van der Waals surface area contributed by atoms with E-state index in [2.05, 4.69) is 20.4 Å². The Kier molecular flexibility index (Phi) is 5.63. The van der Waals surface area contributed by atoms with Crippen molar-refractivity contribution in [1.29, 1.82) is 0 Å². The van der Waals surface area contributed by atoms with Gasteiger partial charge in [-0.15, -0.1) is 5.10 Å². The number of carbonyl (C=O) groups is 1. The van der Waals surface area contributed by atoms with E-state index in [1.54, 1.807) is 16.9 Å². The Morgan fingerprint density at radius 2 is 1.97 bits per heavy atom. The van der Waals surface area contributed by atoms with Gasteiger partial charge in [0, 0.05) is 29.5 Å². The summed E-state index contributed by atoms with van der Waals surface area (Å²) in [7, 11) is 0. The van der Waals surface area contributed by atoms with Crippen molar-refractivity contribution in [1.82, 2.24) is 24.9 Å². The number of nitrogens with zero attached hydrogens (tertiary/aromatic N) is 4. The number of fused-ring (bicyclic) bond motifs is 1. The third-order valence-electron chi connectivity index (χ3n) is 4.86. The maximum absolute atomic E-state index is 12.7. The third-order valence-corrected chi connectivity index (χ3v) is 5.11. The molecule has 0 bridgehead atoms. The second-order valence-corrected chi connectivity index (χ2v) is 7.47. The summed E-state index contributed by atoms with van der Waals surface area (Å²) in [6.07, 6.45) is 5.24. The van der Waals surface area contributed by atoms with Crippen LogP contribution in [0, 0.1) is 6.92 Å². The summed E-state index contributed by atoms with van der Waals surface area (Å²) in [6.45, 7) is 2.41. The molecule has 0 saturated carbocycles. The van der Waals surface area contributed by atoms with Gasteiger partial charge in [0.25, 0.3) is 5.91 Å².